The molecule has 0 saturated heterocycles. The molecule has 0 spiro atoms. The normalized spacial score (nSPS) is 10.3. The van der Waals surface area contributed by atoms with Crippen LogP contribution in [0.2, 0.25) is 10.0 Å². The summed E-state index contributed by atoms with van der Waals surface area (Å²) < 4.78 is 13.7. The van der Waals surface area contributed by atoms with Gasteiger partial charge in [0.15, 0.2) is 0 Å². The molecule has 0 radical (unpaired) electrons. The Morgan fingerprint density at radius 3 is 2.26 bits per heavy atom. The minimum atomic E-state index is -0.951. The van der Waals surface area contributed by atoms with E-state index in [0.29, 0.717) is 5.02 Å². The number of nitrogens with one attached hydrogen (secondary N) is 2. The van der Waals surface area contributed by atoms with E-state index in [1.165, 1.54) is 12.1 Å². The summed E-state index contributed by atoms with van der Waals surface area (Å²) >= 11 is 11.7. The lowest BCUT2D eigenvalue weighted by molar-refractivity contribution is 0.0963. The second-order valence-electron chi connectivity index (χ2n) is 5.44. The molecule has 1 heterocycles. The number of nitrogens with zero attached hydrogens (tertiary/aromatic N) is 1. The molecule has 0 saturated carbocycles. The van der Waals surface area contributed by atoms with Crippen LogP contribution in [-0.4, -0.2) is 16.9 Å². The van der Waals surface area contributed by atoms with Crippen molar-refractivity contribution in [3.8, 4) is 11.1 Å². The number of hydrogen-bond acceptors (Lipinski definition) is 3. The van der Waals surface area contributed by atoms with E-state index in [1.807, 2.05) is 17.4 Å². The van der Waals surface area contributed by atoms with Crippen molar-refractivity contribution in [3.05, 3.63) is 82.2 Å². The summed E-state index contributed by atoms with van der Waals surface area (Å²) in [6, 6.07) is 13.5. The molecule has 0 aliphatic heterocycles. The largest absolute Gasteiger partial charge is 0.327 e. The summed E-state index contributed by atoms with van der Waals surface area (Å²) in [5.41, 5.74) is 1.33. The van der Waals surface area contributed by atoms with Crippen LogP contribution in [0.5, 0.6) is 0 Å². The van der Waals surface area contributed by atoms with Gasteiger partial charge in [0.1, 0.15) is 11.6 Å². The molecule has 0 fully saturated rings. The van der Waals surface area contributed by atoms with Gasteiger partial charge in [0.25, 0.3) is 5.91 Å². The highest BCUT2D eigenvalue weighted by Crippen LogP contribution is 2.22. The van der Waals surface area contributed by atoms with Gasteiger partial charge in [-0.3, -0.25) is 15.4 Å². The van der Waals surface area contributed by atoms with Crippen molar-refractivity contribution < 1.29 is 14.0 Å². The zero-order chi connectivity index (χ0) is 19.4. The molecule has 1 aromatic heterocycles. The van der Waals surface area contributed by atoms with Gasteiger partial charge in [-0.1, -0.05) is 41.4 Å². The maximum absolute atomic E-state index is 13.7. The molecule has 27 heavy (non-hydrogen) atoms. The molecule has 0 bridgehead atoms. The number of urea groups is 1. The number of imide groups is 1. The Hall–Kier alpha value is -2.96. The van der Waals surface area contributed by atoms with Crippen molar-refractivity contribution in [2.45, 2.75) is 0 Å². The van der Waals surface area contributed by atoms with Crippen LogP contribution in [0.3, 0.4) is 0 Å². The Bertz CT molecular complexity index is 973. The van der Waals surface area contributed by atoms with Crippen molar-refractivity contribution in [1.29, 1.82) is 0 Å². The SMILES string of the molecule is O=C(NC(=O)c1c(F)cccc1Cl)Nc1ccc(-c2ccc(Cl)cc2)cn1. The minimum Gasteiger partial charge on any atom is -0.292 e. The first-order chi connectivity index (χ1) is 12.9. The average Bonchev–Trinajstić information content (AvgIpc) is 2.63. The number of halogens is 3. The first kappa shape index (κ1) is 18.8. The van der Waals surface area contributed by atoms with Crippen LogP contribution in [0.15, 0.2) is 60.8 Å². The quantitative estimate of drug-likeness (QED) is 0.634. The predicted molar refractivity (Wildman–Crippen MR) is 103 cm³/mol. The number of anilines is 1. The third kappa shape index (κ3) is 4.61. The van der Waals surface area contributed by atoms with Crippen LogP contribution in [-0.2, 0) is 0 Å². The standard InChI is InChI=1S/C19H12Cl2FN3O2/c20-13-7-4-11(5-8-13)12-6-9-16(23-10-12)24-19(27)25-18(26)17-14(21)2-1-3-15(17)22/h1-10H,(H2,23,24,25,26,27). The van der Waals surface area contributed by atoms with Crippen LogP contribution >= 0.6 is 23.2 Å². The van der Waals surface area contributed by atoms with Gasteiger partial charge in [0.05, 0.1) is 10.6 Å². The van der Waals surface area contributed by atoms with E-state index >= 15 is 0 Å². The zero-order valence-electron chi connectivity index (χ0n) is 13.7. The number of pyridine rings is 1. The van der Waals surface area contributed by atoms with Crippen LogP contribution in [0.4, 0.5) is 15.0 Å². The van der Waals surface area contributed by atoms with E-state index in [1.54, 1.807) is 30.5 Å². The average molecular weight is 404 g/mol. The highest BCUT2D eigenvalue weighted by atomic mass is 35.5. The molecule has 0 aliphatic carbocycles. The van der Waals surface area contributed by atoms with Crippen molar-refractivity contribution in [1.82, 2.24) is 10.3 Å². The van der Waals surface area contributed by atoms with Crippen LogP contribution in [0, 0.1) is 5.82 Å². The lowest BCUT2D eigenvalue weighted by Gasteiger charge is -2.08. The molecule has 2 aromatic carbocycles. The number of amides is 3. The molecule has 0 atom stereocenters. The van der Waals surface area contributed by atoms with E-state index in [2.05, 4.69) is 10.3 Å². The van der Waals surface area contributed by atoms with Gasteiger partial charge in [-0.25, -0.2) is 14.2 Å². The number of benzene rings is 2. The van der Waals surface area contributed by atoms with Gasteiger partial charge < -0.3 is 0 Å². The van der Waals surface area contributed by atoms with Crippen LogP contribution in [0.25, 0.3) is 11.1 Å². The number of carbonyl (C=O) groups excluding carboxylic acids is 2. The Morgan fingerprint density at radius 1 is 0.926 bits per heavy atom. The molecule has 8 heteroatoms. The summed E-state index contributed by atoms with van der Waals surface area (Å²) in [6.45, 7) is 0. The van der Waals surface area contributed by atoms with Gasteiger partial charge >= 0.3 is 6.03 Å². The van der Waals surface area contributed by atoms with Crippen molar-refractivity contribution >= 4 is 41.0 Å². The first-order valence-electron chi connectivity index (χ1n) is 7.72. The van der Waals surface area contributed by atoms with Gasteiger partial charge in [-0.15, -0.1) is 0 Å². The molecule has 0 aliphatic rings. The fourth-order valence-corrected chi connectivity index (χ4v) is 2.68. The Kier molecular flexibility index (Phi) is 5.69. The molecule has 3 amide bonds. The summed E-state index contributed by atoms with van der Waals surface area (Å²) in [5.74, 6) is -1.55. The lowest BCUT2D eigenvalue weighted by Crippen LogP contribution is -2.35. The second kappa shape index (κ2) is 8.16. The smallest absolute Gasteiger partial charge is 0.292 e. The van der Waals surface area contributed by atoms with Crippen LogP contribution < -0.4 is 10.6 Å². The minimum absolute atomic E-state index is 0.0919. The Balaban J connectivity index is 1.66. The molecule has 3 aromatic rings. The Morgan fingerprint density at radius 2 is 1.63 bits per heavy atom. The third-order valence-electron chi connectivity index (χ3n) is 3.60. The fourth-order valence-electron chi connectivity index (χ4n) is 2.31. The van der Waals surface area contributed by atoms with Crippen LogP contribution in [0.1, 0.15) is 10.4 Å². The maximum Gasteiger partial charge on any atom is 0.327 e. The molecule has 5 nitrogen and oxygen atoms in total. The van der Waals surface area contributed by atoms with E-state index in [9.17, 15) is 14.0 Å². The van der Waals surface area contributed by atoms with E-state index in [4.69, 9.17) is 23.2 Å². The van der Waals surface area contributed by atoms with E-state index < -0.39 is 23.3 Å². The van der Waals surface area contributed by atoms with E-state index in [-0.39, 0.29) is 10.8 Å². The molecule has 2 N–H and O–H groups in total. The highest BCUT2D eigenvalue weighted by molar-refractivity contribution is 6.34. The summed E-state index contributed by atoms with van der Waals surface area (Å²) in [4.78, 5) is 28.1. The highest BCUT2D eigenvalue weighted by Gasteiger charge is 2.18. The molecule has 136 valence electrons. The van der Waals surface area contributed by atoms with Gasteiger partial charge in [0, 0.05) is 16.8 Å². The van der Waals surface area contributed by atoms with Crippen molar-refractivity contribution in [2.24, 2.45) is 0 Å². The summed E-state index contributed by atoms with van der Waals surface area (Å²) in [6.07, 6.45) is 1.56. The van der Waals surface area contributed by atoms with Crippen molar-refractivity contribution in [2.75, 3.05) is 5.32 Å². The molecule has 3 rings (SSSR count). The van der Waals surface area contributed by atoms with Gasteiger partial charge in [-0.2, -0.15) is 0 Å². The van der Waals surface area contributed by atoms with E-state index in [0.717, 1.165) is 17.2 Å². The fraction of sp³-hybridized carbons (Fsp3) is 0. The second-order valence-corrected chi connectivity index (χ2v) is 6.29. The lowest BCUT2D eigenvalue weighted by atomic mass is 10.1. The third-order valence-corrected chi connectivity index (χ3v) is 4.17. The van der Waals surface area contributed by atoms with Gasteiger partial charge in [0.2, 0.25) is 0 Å². The predicted octanol–water partition coefficient (Wildman–Crippen LogP) is 5.16. The Labute approximate surface area is 164 Å². The zero-order valence-corrected chi connectivity index (χ0v) is 15.2. The number of carbonyl (C=O) groups is 2. The topological polar surface area (TPSA) is 71.1 Å². The summed E-state index contributed by atoms with van der Waals surface area (Å²) in [5, 5.41) is 4.95. The van der Waals surface area contributed by atoms with Gasteiger partial charge in [-0.05, 0) is 42.0 Å². The monoisotopic (exact) mass is 403 g/mol. The molecular formula is C19H12Cl2FN3O2. The number of rotatable bonds is 3. The molecule has 0 unspecified atom stereocenters. The molecular weight excluding hydrogens is 392 g/mol. The number of aromatic nitrogens is 1. The summed E-state index contributed by atoms with van der Waals surface area (Å²) in [7, 11) is 0. The van der Waals surface area contributed by atoms with Crippen molar-refractivity contribution in [3.63, 3.8) is 0 Å². The maximum atomic E-state index is 13.7. The number of hydrogen-bond donors (Lipinski definition) is 2. The first-order valence-corrected chi connectivity index (χ1v) is 8.48.